The van der Waals surface area contributed by atoms with Crippen LogP contribution in [0.25, 0.3) is 0 Å². The van der Waals surface area contributed by atoms with Gasteiger partial charge in [-0.2, -0.15) is 5.10 Å². The molecule has 0 bridgehead atoms. The van der Waals surface area contributed by atoms with E-state index in [1.807, 2.05) is 6.92 Å². The topological polar surface area (TPSA) is 93.4 Å². The zero-order valence-electron chi connectivity index (χ0n) is 15.8. The molecule has 0 aliphatic carbocycles. The van der Waals surface area contributed by atoms with Gasteiger partial charge in [-0.1, -0.05) is 0 Å². The fourth-order valence-corrected chi connectivity index (χ4v) is 2.11. The molecule has 1 aromatic heterocycles. The molecule has 144 valence electrons. The summed E-state index contributed by atoms with van der Waals surface area (Å²) in [4.78, 5) is 25.1. The number of amides is 2. The first-order valence-corrected chi connectivity index (χ1v) is 8.39. The number of hydrazone groups is 1. The lowest BCUT2D eigenvalue weighted by molar-refractivity contribution is -0.130. The average Bonchev–Trinajstić information content (AvgIpc) is 3.07. The van der Waals surface area contributed by atoms with Gasteiger partial charge in [-0.05, 0) is 43.7 Å². The van der Waals surface area contributed by atoms with Crippen molar-refractivity contribution in [3.05, 3.63) is 47.4 Å². The number of furan rings is 1. The van der Waals surface area contributed by atoms with Crippen LogP contribution in [0.5, 0.6) is 11.5 Å². The van der Waals surface area contributed by atoms with Crippen LogP contribution in [0.2, 0.25) is 0 Å². The zero-order valence-corrected chi connectivity index (χ0v) is 15.8. The molecule has 2 aromatic rings. The predicted molar refractivity (Wildman–Crippen MR) is 100 cm³/mol. The summed E-state index contributed by atoms with van der Waals surface area (Å²) in [6, 6.07) is 6.74. The van der Waals surface area contributed by atoms with E-state index in [2.05, 4.69) is 10.5 Å². The van der Waals surface area contributed by atoms with Crippen LogP contribution in [0.3, 0.4) is 0 Å². The smallest absolute Gasteiger partial charge is 0.274 e. The molecule has 0 saturated heterocycles. The van der Waals surface area contributed by atoms with Gasteiger partial charge in [0.05, 0.1) is 24.6 Å². The number of hydrogen-bond acceptors (Lipinski definition) is 6. The Labute approximate surface area is 157 Å². The summed E-state index contributed by atoms with van der Waals surface area (Å²) in [6.07, 6.45) is 2.94. The number of nitrogens with zero attached hydrogens (tertiary/aromatic N) is 2. The molecule has 27 heavy (non-hydrogen) atoms. The van der Waals surface area contributed by atoms with Gasteiger partial charge in [0.1, 0.15) is 5.76 Å². The van der Waals surface area contributed by atoms with Crippen molar-refractivity contribution in [2.24, 2.45) is 5.10 Å². The molecule has 0 aliphatic rings. The standard InChI is InChI=1S/C19H23N3O5/c1-5-25-17-10-14(6-7-16(17)27-12-18(23)22(3)4)11-20-21-19(24)15-8-9-26-13(15)2/h6-11H,5,12H2,1-4H3,(H,21,24)/b20-11+. The highest BCUT2D eigenvalue weighted by molar-refractivity contribution is 5.95. The monoisotopic (exact) mass is 373 g/mol. The summed E-state index contributed by atoms with van der Waals surface area (Å²) < 4.78 is 16.2. The van der Waals surface area contributed by atoms with Crippen LogP contribution in [0.15, 0.2) is 40.0 Å². The molecule has 0 radical (unpaired) electrons. The fourth-order valence-electron chi connectivity index (χ4n) is 2.11. The minimum absolute atomic E-state index is 0.0827. The van der Waals surface area contributed by atoms with Crippen molar-refractivity contribution in [2.75, 3.05) is 27.3 Å². The molecule has 0 atom stereocenters. The van der Waals surface area contributed by atoms with E-state index in [0.717, 1.165) is 0 Å². The Kier molecular flexibility index (Phi) is 6.99. The number of nitrogens with one attached hydrogen (secondary N) is 1. The van der Waals surface area contributed by atoms with E-state index in [-0.39, 0.29) is 18.4 Å². The van der Waals surface area contributed by atoms with Gasteiger partial charge in [0.25, 0.3) is 11.8 Å². The lowest BCUT2D eigenvalue weighted by Gasteiger charge is -2.14. The van der Waals surface area contributed by atoms with Gasteiger partial charge in [-0.25, -0.2) is 5.43 Å². The fraction of sp³-hybridized carbons (Fsp3) is 0.316. The summed E-state index contributed by atoms with van der Waals surface area (Å²) in [5, 5.41) is 3.94. The van der Waals surface area contributed by atoms with Crippen LogP contribution >= 0.6 is 0 Å². The molecular formula is C19H23N3O5. The molecule has 0 saturated carbocycles. The van der Waals surface area contributed by atoms with Crippen molar-refractivity contribution in [3.63, 3.8) is 0 Å². The van der Waals surface area contributed by atoms with Gasteiger partial charge in [-0.3, -0.25) is 9.59 Å². The van der Waals surface area contributed by atoms with E-state index in [4.69, 9.17) is 13.9 Å². The van der Waals surface area contributed by atoms with Gasteiger partial charge in [0.15, 0.2) is 18.1 Å². The lowest BCUT2D eigenvalue weighted by Crippen LogP contribution is -2.27. The Morgan fingerprint density at radius 1 is 1.22 bits per heavy atom. The maximum absolute atomic E-state index is 12.0. The number of carbonyl (C=O) groups is 2. The van der Waals surface area contributed by atoms with Crippen molar-refractivity contribution in [1.29, 1.82) is 0 Å². The Hall–Kier alpha value is -3.29. The van der Waals surface area contributed by atoms with E-state index in [0.29, 0.717) is 35.0 Å². The molecule has 0 fully saturated rings. The molecule has 0 unspecified atom stereocenters. The summed E-state index contributed by atoms with van der Waals surface area (Å²) in [6.45, 7) is 3.91. The third kappa shape index (κ3) is 5.60. The first-order valence-electron chi connectivity index (χ1n) is 8.39. The number of likely N-dealkylation sites (N-methyl/N-ethyl adjacent to an activating group) is 1. The van der Waals surface area contributed by atoms with Gasteiger partial charge in [0.2, 0.25) is 0 Å². The van der Waals surface area contributed by atoms with Gasteiger partial charge < -0.3 is 18.8 Å². The van der Waals surface area contributed by atoms with E-state index < -0.39 is 0 Å². The Bertz CT molecular complexity index is 827. The quantitative estimate of drug-likeness (QED) is 0.566. The number of hydrogen-bond donors (Lipinski definition) is 1. The van der Waals surface area contributed by atoms with Crippen molar-refractivity contribution in [1.82, 2.24) is 10.3 Å². The predicted octanol–water partition coefficient (Wildman–Crippen LogP) is 2.22. The minimum Gasteiger partial charge on any atom is -0.490 e. The Balaban J connectivity index is 2.04. The van der Waals surface area contributed by atoms with Crippen LogP contribution < -0.4 is 14.9 Å². The highest BCUT2D eigenvalue weighted by atomic mass is 16.5. The molecule has 2 amide bonds. The molecule has 1 N–H and O–H groups in total. The Morgan fingerprint density at radius 3 is 2.63 bits per heavy atom. The maximum atomic E-state index is 12.0. The number of carbonyl (C=O) groups excluding carboxylic acids is 2. The average molecular weight is 373 g/mol. The van der Waals surface area contributed by atoms with Crippen LogP contribution in [0, 0.1) is 6.92 Å². The van der Waals surface area contributed by atoms with Crippen LogP contribution in [-0.4, -0.2) is 50.2 Å². The second-order valence-electron chi connectivity index (χ2n) is 5.81. The molecule has 2 rings (SSSR count). The number of benzene rings is 1. The van der Waals surface area contributed by atoms with Crippen molar-refractivity contribution < 1.29 is 23.5 Å². The number of rotatable bonds is 8. The lowest BCUT2D eigenvalue weighted by atomic mass is 10.2. The molecule has 0 aliphatic heterocycles. The van der Waals surface area contributed by atoms with Crippen LogP contribution in [0.4, 0.5) is 0 Å². The first kappa shape index (κ1) is 20.0. The second kappa shape index (κ2) is 9.42. The van der Waals surface area contributed by atoms with E-state index in [1.54, 1.807) is 45.3 Å². The van der Waals surface area contributed by atoms with E-state index in [9.17, 15) is 9.59 Å². The highest BCUT2D eigenvalue weighted by Crippen LogP contribution is 2.28. The van der Waals surface area contributed by atoms with Crippen molar-refractivity contribution >= 4 is 18.0 Å². The zero-order chi connectivity index (χ0) is 19.8. The minimum atomic E-state index is -0.357. The number of ether oxygens (including phenoxy) is 2. The summed E-state index contributed by atoms with van der Waals surface area (Å²) >= 11 is 0. The molecule has 0 spiro atoms. The number of aryl methyl sites for hydroxylation is 1. The van der Waals surface area contributed by atoms with Crippen molar-refractivity contribution in [3.8, 4) is 11.5 Å². The van der Waals surface area contributed by atoms with Crippen LogP contribution in [-0.2, 0) is 4.79 Å². The van der Waals surface area contributed by atoms with Gasteiger partial charge in [-0.15, -0.1) is 0 Å². The third-order valence-electron chi connectivity index (χ3n) is 3.60. The van der Waals surface area contributed by atoms with E-state index >= 15 is 0 Å². The molecule has 1 heterocycles. The maximum Gasteiger partial charge on any atom is 0.274 e. The SMILES string of the molecule is CCOc1cc(/C=N/NC(=O)c2ccoc2C)ccc1OCC(=O)N(C)C. The van der Waals surface area contributed by atoms with E-state index in [1.165, 1.54) is 17.4 Å². The summed E-state index contributed by atoms with van der Waals surface area (Å²) in [5.74, 6) is 0.965. The highest BCUT2D eigenvalue weighted by Gasteiger charge is 2.11. The normalized spacial score (nSPS) is 10.7. The largest absolute Gasteiger partial charge is 0.490 e. The second-order valence-corrected chi connectivity index (χ2v) is 5.81. The van der Waals surface area contributed by atoms with Gasteiger partial charge in [0, 0.05) is 14.1 Å². The van der Waals surface area contributed by atoms with Gasteiger partial charge >= 0.3 is 0 Å². The van der Waals surface area contributed by atoms with Crippen LogP contribution in [0.1, 0.15) is 28.6 Å². The third-order valence-corrected chi connectivity index (χ3v) is 3.60. The van der Waals surface area contributed by atoms with Crippen molar-refractivity contribution in [2.45, 2.75) is 13.8 Å². The summed E-state index contributed by atoms with van der Waals surface area (Å²) in [7, 11) is 3.32. The first-order chi connectivity index (χ1) is 12.9. The molecule has 8 nitrogen and oxygen atoms in total. The molecule has 1 aromatic carbocycles. The summed E-state index contributed by atoms with van der Waals surface area (Å²) in [5.41, 5.74) is 3.57. The molecular weight excluding hydrogens is 350 g/mol. The Morgan fingerprint density at radius 2 is 2.00 bits per heavy atom. The molecule has 8 heteroatoms.